The number of benzene rings is 3. The van der Waals surface area contributed by atoms with E-state index in [0.29, 0.717) is 22.5 Å². The predicted octanol–water partition coefficient (Wildman–Crippen LogP) is 5.86. The highest BCUT2D eigenvalue weighted by atomic mass is 16.2. The molecule has 0 spiro atoms. The van der Waals surface area contributed by atoms with Crippen molar-refractivity contribution in [2.75, 3.05) is 10.6 Å². The Bertz CT molecular complexity index is 971. The molecule has 0 radical (unpaired) electrons. The molecule has 0 heterocycles. The van der Waals surface area contributed by atoms with Gasteiger partial charge in [0.15, 0.2) is 5.78 Å². The first-order chi connectivity index (χ1) is 13.3. The second-order valence-electron chi connectivity index (χ2n) is 7.68. The summed E-state index contributed by atoms with van der Waals surface area (Å²) in [6, 6.07) is 23.5. The second kappa shape index (κ2) is 8.09. The fourth-order valence-electron chi connectivity index (χ4n) is 2.84. The van der Waals surface area contributed by atoms with Gasteiger partial charge in [-0.1, -0.05) is 75.4 Å². The Kier molecular flexibility index (Phi) is 5.59. The summed E-state index contributed by atoms with van der Waals surface area (Å²) in [5, 5.41) is 5.52. The Hall–Kier alpha value is -3.40. The van der Waals surface area contributed by atoms with Crippen LogP contribution in [-0.2, 0) is 5.41 Å². The summed E-state index contributed by atoms with van der Waals surface area (Å²) in [6.45, 7) is 6.42. The Balaban J connectivity index is 1.72. The molecule has 4 heteroatoms. The van der Waals surface area contributed by atoms with E-state index >= 15 is 0 Å². The minimum atomic E-state index is -0.356. The van der Waals surface area contributed by atoms with Crippen LogP contribution < -0.4 is 10.6 Å². The summed E-state index contributed by atoms with van der Waals surface area (Å²) < 4.78 is 0. The number of hydrogen-bond donors (Lipinski definition) is 2. The first-order valence-corrected chi connectivity index (χ1v) is 9.21. The Labute approximate surface area is 165 Å². The third kappa shape index (κ3) is 4.86. The van der Waals surface area contributed by atoms with Crippen LogP contribution in [0, 0.1) is 0 Å². The van der Waals surface area contributed by atoms with Gasteiger partial charge in [0, 0.05) is 22.5 Å². The largest absolute Gasteiger partial charge is 0.323 e. The molecule has 3 aromatic carbocycles. The summed E-state index contributed by atoms with van der Waals surface area (Å²) in [7, 11) is 0. The highest BCUT2D eigenvalue weighted by Crippen LogP contribution is 2.23. The number of nitrogens with one attached hydrogen (secondary N) is 2. The molecule has 0 unspecified atom stereocenters. The third-order valence-electron chi connectivity index (χ3n) is 4.43. The maximum absolute atomic E-state index is 12.8. The van der Waals surface area contributed by atoms with E-state index in [0.717, 1.165) is 0 Å². The number of carbonyl (C=O) groups is 2. The average molecular weight is 372 g/mol. The molecule has 3 aromatic rings. The number of anilines is 2. The van der Waals surface area contributed by atoms with Crippen molar-refractivity contribution >= 4 is 23.2 Å². The molecule has 0 saturated heterocycles. The first kappa shape index (κ1) is 19.4. The molecule has 0 aliphatic carbocycles. The Morgan fingerprint density at radius 3 is 1.93 bits per heavy atom. The molecule has 0 bridgehead atoms. The molecule has 4 nitrogen and oxygen atoms in total. The highest BCUT2D eigenvalue weighted by Gasteiger charge is 2.15. The molecular weight excluding hydrogens is 348 g/mol. The van der Waals surface area contributed by atoms with Crippen LogP contribution in [0.3, 0.4) is 0 Å². The van der Waals surface area contributed by atoms with E-state index in [1.54, 1.807) is 36.4 Å². The normalized spacial score (nSPS) is 11.0. The number of hydrogen-bond acceptors (Lipinski definition) is 2. The van der Waals surface area contributed by atoms with Crippen LogP contribution in [-0.4, -0.2) is 11.8 Å². The summed E-state index contributed by atoms with van der Waals surface area (Å²) in [5.41, 5.74) is 3.63. The van der Waals surface area contributed by atoms with Gasteiger partial charge in [-0.15, -0.1) is 0 Å². The van der Waals surface area contributed by atoms with Crippen molar-refractivity contribution < 1.29 is 9.59 Å². The van der Waals surface area contributed by atoms with Gasteiger partial charge in [-0.05, 0) is 35.2 Å². The van der Waals surface area contributed by atoms with Gasteiger partial charge in [-0.3, -0.25) is 4.79 Å². The summed E-state index contributed by atoms with van der Waals surface area (Å²) in [6.07, 6.45) is 0. The van der Waals surface area contributed by atoms with E-state index < -0.39 is 0 Å². The zero-order valence-electron chi connectivity index (χ0n) is 16.3. The summed E-state index contributed by atoms with van der Waals surface area (Å²) in [5.74, 6) is -0.0763. The lowest BCUT2D eigenvalue weighted by molar-refractivity contribution is 0.103. The Morgan fingerprint density at radius 2 is 1.29 bits per heavy atom. The molecule has 0 fully saturated rings. The van der Waals surface area contributed by atoms with Crippen LogP contribution in [0.5, 0.6) is 0 Å². The zero-order valence-corrected chi connectivity index (χ0v) is 16.3. The molecule has 0 saturated carbocycles. The Morgan fingerprint density at radius 1 is 0.679 bits per heavy atom. The molecule has 0 aliphatic rings. The average Bonchev–Trinajstić information content (AvgIpc) is 2.68. The van der Waals surface area contributed by atoms with Gasteiger partial charge >= 0.3 is 6.03 Å². The van der Waals surface area contributed by atoms with Crippen LogP contribution >= 0.6 is 0 Å². The van der Waals surface area contributed by atoms with E-state index in [9.17, 15) is 9.59 Å². The first-order valence-electron chi connectivity index (χ1n) is 9.21. The van der Waals surface area contributed by atoms with Crippen molar-refractivity contribution in [3.63, 3.8) is 0 Å². The number of rotatable bonds is 4. The van der Waals surface area contributed by atoms with Gasteiger partial charge < -0.3 is 10.6 Å². The predicted molar refractivity (Wildman–Crippen MR) is 114 cm³/mol. The lowest BCUT2D eigenvalue weighted by atomic mass is 9.86. The van der Waals surface area contributed by atoms with E-state index in [-0.39, 0.29) is 17.2 Å². The molecular formula is C24H24N2O2. The van der Waals surface area contributed by atoms with Crippen LogP contribution in [0.4, 0.5) is 16.2 Å². The number of amides is 2. The van der Waals surface area contributed by atoms with E-state index in [4.69, 9.17) is 0 Å². The molecule has 142 valence electrons. The molecule has 2 amide bonds. The fourth-order valence-corrected chi connectivity index (χ4v) is 2.84. The quantitative estimate of drug-likeness (QED) is 0.564. The van der Waals surface area contributed by atoms with Crippen molar-refractivity contribution in [3.8, 4) is 0 Å². The lowest BCUT2D eigenvalue weighted by Crippen LogP contribution is -2.19. The van der Waals surface area contributed by atoms with Crippen molar-refractivity contribution in [1.82, 2.24) is 0 Å². The van der Waals surface area contributed by atoms with Gasteiger partial charge in [0.05, 0.1) is 0 Å². The standard InChI is InChI=1S/C24H24N2O2/c1-24(2,3)19-14-12-17(13-15-19)22(27)18-8-7-11-21(16-18)26-23(28)25-20-9-5-4-6-10-20/h4-16H,1-3H3,(H2,25,26,28). The molecule has 28 heavy (non-hydrogen) atoms. The highest BCUT2D eigenvalue weighted by molar-refractivity contribution is 6.10. The molecule has 0 aromatic heterocycles. The maximum Gasteiger partial charge on any atom is 0.323 e. The zero-order chi connectivity index (χ0) is 20.1. The fraction of sp³-hybridized carbons (Fsp3) is 0.167. The van der Waals surface area contributed by atoms with E-state index in [2.05, 4.69) is 31.4 Å². The summed E-state index contributed by atoms with van der Waals surface area (Å²) >= 11 is 0. The lowest BCUT2D eigenvalue weighted by Gasteiger charge is -2.19. The van der Waals surface area contributed by atoms with Gasteiger partial charge in [0.1, 0.15) is 0 Å². The maximum atomic E-state index is 12.8. The van der Waals surface area contributed by atoms with Gasteiger partial charge in [0.2, 0.25) is 0 Å². The van der Waals surface area contributed by atoms with Crippen molar-refractivity contribution in [3.05, 3.63) is 95.6 Å². The molecule has 0 aliphatic heterocycles. The monoisotopic (exact) mass is 372 g/mol. The topological polar surface area (TPSA) is 58.2 Å². The number of ketones is 1. The van der Waals surface area contributed by atoms with Crippen LogP contribution in [0.25, 0.3) is 0 Å². The van der Waals surface area contributed by atoms with E-state index in [1.165, 1.54) is 5.56 Å². The number of carbonyl (C=O) groups excluding carboxylic acids is 2. The van der Waals surface area contributed by atoms with Gasteiger partial charge in [-0.2, -0.15) is 0 Å². The van der Waals surface area contributed by atoms with Gasteiger partial charge in [-0.25, -0.2) is 4.79 Å². The second-order valence-corrected chi connectivity index (χ2v) is 7.68. The van der Waals surface area contributed by atoms with Crippen molar-refractivity contribution in [2.24, 2.45) is 0 Å². The smallest absolute Gasteiger partial charge is 0.308 e. The summed E-state index contributed by atoms with van der Waals surface area (Å²) in [4.78, 5) is 25.0. The molecule has 0 atom stereocenters. The van der Waals surface area contributed by atoms with Crippen molar-refractivity contribution in [1.29, 1.82) is 0 Å². The number of para-hydroxylation sites is 1. The van der Waals surface area contributed by atoms with Crippen LogP contribution in [0.2, 0.25) is 0 Å². The van der Waals surface area contributed by atoms with E-state index in [1.807, 2.05) is 42.5 Å². The van der Waals surface area contributed by atoms with Crippen LogP contribution in [0.15, 0.2) is 78.9 Å². The van der Waals surface area contributed by atoms with Gasteiger partial charge in [0.25, 0.3) is 0 Å². The molecule has 3 rings (SSSR count). The van der Waals surface area contributed by atoms with Crippen LogP contribution in [0.1, 0.15) is 42.3 Å². The SMILES string of the molecule is CC(C)(C)c1ccc(C(=O)c2cccc(NC(=O)Nc3ccccc3)c2)cc1. The minimum Gasteiger partial charge on any atom is -0.308 e. The minimum absolute atomic E-state index is 0.0392. The number of urea groups is 1. The molecule has 2 N–H and O–H groups in total. The third-order valence-corrected chi connectivity index (χ3v) is 4.43. The van der Waals surface area contributed by atoms with Crippen molar-refractivity contribution in [2.45, 2.75) is 26.2 Å².